The summed E-state index contributed by atoms with van der Waals surface area (Å²) in [6.45, 7) is 0. The monoisotopic (exact) mass is 218 g/mol. The lowest BCUT2D eigenvalue weighted by Gasteiger charge is -2.02. The molecule has 2 nitrogen and oxygen atoms in total. The van der Waals surface area contributed by atoms with E-state index in [4.69, 9.17) is 10.5 Å². The standard InChI is InChI=1S/C15H10N2/c16-10-13-5-7-14(8-6-13)15(11-17)9-12-3-1-2-4-12/h1-9,12H/b15-9-. The summed E-state index contributed by atoms with van der Waals surface area (Å²) in [5.41, 5.74) is 2.09. The van der Waals surface area contributed by atoms with Crippen LogP contribution in [0, 0.1) is 28.6 Å². The summed E-state index contributed by atoms with van der Waals surface area (Å²) < 4.78 is 0. The largest absolute Gasteiger partial charge is 0.192 e. The third kappa shape index (κ3) is 2.51. The normalized spacial score (nSPS) is 14.6. The first kappa shape index (κ1) is 10.9. The predicted octanol–water partition coefficient (Wildman–Crippen LogP) is 3.21. The second-order valence-electron chi connectivity index (χ2n) is 3.73. The predicted molar refractivity (Wildman–Crippen MR) is 66.5 cm³/mol. The van der Waals surface area contributed by atoms with Crippen LogP contribution in [-0.4, -0.2) is 0 Å². The third-order valence-electron chi connectivity index (χ3n) is 2.58. The van der Waals surface area contributed by atoms with Crippen LogP contribution in [0.5, 0.6) is 0 Å². The van der Waals surface area contributed by atoms with Gasteiger partial charge in [0.2, 0.25) is 0 Å². The summed E-state index contributed by atoms with van der Waals surface area (Å²) in [6.07, 6.45) is 9.91. The van der Waals surface area contributed by atoms with E-state index in [1.54, 1.807) is 24.3 Å². The minimum absolute atomic E-state index is 0.195. The summed E-state index contributed by atoms with van der Waals surface area (Å²) in [5.74, 6) is 0.195. The van der Waals surface area contributed by atoms with E-state index in [-0.39, 0.29) is 5.92 Å². The van der Waals surface area contributed by atoms with Crippen LogP contribution in [0.2, 0.25) is 0 Å². The molecule has 0 aliphatic heterocycles. The molecule has 0 aromatic heterocycles. The smallest absolute Gasteiger partial charge is 0.0994 e. The van der Waals surface area contributed by atoms with E-state index in [9.17, 15) is 0 Å². The van der Waals surface area contributed by atoms with Gasteiger partial charge in [-0.15, -0.1) is 0 Å². The Kier molecular flexibility index (Phi) is 3.19. The molecule has 0 atom stereocenters. The van der Waals surface area contributed by atoms with Crippen LogP contribution in [0.1, 0.15) is 11.1 Å². The molecule has 2 rings (SSSR count). The van der Waals surface area contributed by atoms with Crippen molar-refractivity contribution in [1.29, 1.82) is 10.5 Å². The molecule has 0 fully saturated rings. The molecule has 1 aromatic rings. The molecule has 0 saturated carbocycles. The molecule has 0 heterocycles. The fourth-order valence-corrected chi connectivity index (χ4v) is 1.67. The van der Waals surface area contributed by atoms with Gasteiger partial charge in [-0.3, -0.25) is 0 Å². The Bertz CT molecular complexity index is 563. The van der Waals surface area contributed by atoms with E-state index >= 15 is 0 Å². The van der Waals surface area contributed by atoms with E-state index in [1.807, 2.05) is 30.4 Å². The van der Waals surface area contributed by atoms with Crippen LogP contribution in [0.4, 0.5) is 0 Å². The van der Waals surface area contributed by atoms with Gasteiger partial charge in [-0.1, -0.05) is 42.5 Å². The molecule has 0 saturated heterocycles. The van der Waals surface area contributed by atoms with Crippen LogP contribution in [0.15, 0.2) is 54.6 Å². The van der Waals surface area contributed by atoms with Gasteiger partial charge in [-0.2, -0.15) is 10.5 Å². The quantitative estimate of drug-likeness (QED) is 0.715. The van der Waals surface area contributed by atoms with Crippen LogP contribution < -0.4 is 0 Å². The number of benzene rings is 1. The molecule has 0 amide bonds. The summed E-state index contributed by atoms with van der Waals surface area (Å²) in [6, 6.07) is 11.3. The fraction of sp³-hybridized carbons (Fsp3) is 0.0667. The van der Waals surface area contributed by atoms with E-state index in [1.165, 1.54) is 0 Å². The highest BCUT2D eigenvalue weighted by Crippen LogP contribution is 2.20. The SMILES string of the molecule is N#C/C(=C/C1C=CC=C1)c1ccc(C#N)cc1. The average Bonchev–Trinajstić information content (AvgIpc) is 2.89. The molecule has 0 unspecified atom stereocenters. The lowest BCUT2D eigenvalue weighted by atomic mass is 10.0. The zero-order chi connectivity index (χ0) is 12.1. The van der Waals surface area contributed by atoms with Crippen molar-refractivity contribution in [2.24, 2.45) is 5.92 Å². The molecule has 1 aromatic carbocycles. The molecule has 0 N–H and O–H groups in total. The lowest BCUT2D eigenvalue weighted by Crippen LogP contribution is -1.88. The van der Waals surface area contributed by atoms with E-state index < -0.39 is 0 Å². The van der Waals surface area contributed by atoms with Crippen molar-refractivity contribution in [2.45, 2.75) is 0 Å². The lowest BCUT2D eigenvalue weighted by molar-refractivity contribution is 1.10. The summed E-state index contributed by atoms with van der Waals surface area (Å²) >= 11 is 0. The van der Waals surface area contributed by atoms with Gasteiger partial charge in [-0.05, 0) is 17.7 Å². The maximum Gasteiger partial charge on any atom is 0.0994 e. The van der Waals surface area contributed by atoms with Gasteiger partial charge in [0.25, 0.3) is 0 Å². The highest BCUT2D eigenvalue weighted by atomic mass is 14.3. The Morgan fingerprint density at radius 3 is 2.24 bits per heavy atom. The molecule has 2 heteroatoms. The van der Waals surface area contributed by atoms with Gasteiger partial charge in [0.1, 0.15) is 0 Å². The Hall–Kier alpha value is -2.58. The molecule has 1 aliphatic carbocycles. The maximum absolute atomic E-state index is 9.13. The molecule has 80 valence electrons. The minimum atomic E-state index is 0.195. The first-order chi connectivity index (χ1) is 8.33. The van der Waals surface area contributed by atoms with Gasteiger partial charge >= 0.3 is 0 Å². The first-order valence-electron chi connectivity index (χ1n) is 5.31. The number of nitrogens with zero attached hydrogens (tertiary/aromatic N) is 2. The molecule has 1 aliphatic rings. The maximum atomic E-state index is 9.13. The van der Waals surface area contributed by atoms with Crippen molar-refractivity contribution in [3.05, 3.63) is 65.8 Å². The molecule has 17 heavy (non-hydrogen) atoms. The number of allylic oxidation sites excluding steroid dienone is 6. The molecular formula is C15H10N2. The molecule has 0 spiro atoms. The Balaban J connectivity index is 2.30. The van der Waals surface area contributed by atoms with E-state index in [0.717, 1.165) is 5.56 Å². The van der Waals surface area contributed by atoms with Gasteiger partial charge < -0.3 is 0 Å². The van der Waals surface area contributed by atoms with E-state index in [2.05, 4.69) is 12.1 Å². The minimum Gasteiger partial charge on any atom is -0.192 e. The number of rotatable bonds is 2. The van der Waals surface area contributed by atoms with Gasteiger partial charge in [-0.25, -0.2) is 0 Å². The number of hydrogen-bond acceptors (Lipinski definition) is 2. The van der Waals surface area contributed by atoms with Crippen molar-refractivity contribution in [3.8, 4) is 12.1 Å². The topological polar surface area (TPSA) is 47.6 Å². The molecule has 0 bridgehead atoms. The fourth-order valence-electron chi connectivity index (χ4n) is 1.67. The Morgan fingerprint density at radius 2 is 1.71 bits per heavy atom. The van der Waals surface area contributed by atoms with Crippen molar-refractivity contribution in [3.63, 3.8) is 0 Å². The number of hydrogen-bond donors (Lipinski definition) is 0. The molecule has 0 radical (unpaired) electrons. The number of nitriles is 2. The Labute approximate surface area is 100 Å². The van der Waals surface area contributed by atoms with Gasteiger partial charge in [0.15, 0.2) is 0 Å². The zero-order valence-corrected chi connectivity index (χ0v) is 9.17. The second kappa shape index (κ2) is 4.96. The van der Waals surface area contributed by atoms with Gasteiger partial charge in [0, 0.05) is 5.92 Å². The van der Waals surface area contributed by atoms with Crippen LogP contribution in [0.25, 0.3) is 5.57 Å². The van der Waals surface area contributed by atoms with Crippen molar-refractivity contribution in [2.75, 3.05) is 0 Å². The van der Waals surface area contributed by atoms with Crippen molar-refractivity contribution < 1.29 is 0 Å². The van der Waals surface area contributed by atoms with Gasteiger partial charge in [0.05, 0.1) is 23.3 Å². The summed E-state index contributed by atoms with van der Waals surface area (Å²) in [7, 11) is 0. The van der Waals surface area contributed by atoms with Crippen molar-refractivity contribution in [1.82, 2.24) is 0 Å². The van der Waals surface area contributed by atoms with E-state index in [0.29, 0.717) is 11.1 Å². The van der Waals surface area contributed by atoms with Crippen LogP contribution in [-0.2, 0) is 0 Å². The summed E-state index contributed by atoms with van der Waals surface area (Å²) in [5, 5.41) is 17.8. The average molecular weight is 218 g/mol. The zero-order valence-electron chi connectivity index (χ0n) is 9.17. The third-order valence-corrected chi connectivity index (χ3v) is 2.58. The molecular weight excluding hydrogens is 208 g/mol. The Morgan fingerprint density at radius 1 is 1.06 bits per heavy atom. The van der Waals surface area contributed by atoms with Crippen LogP contribution >= 0.6 is 0 Å². The van der Waals surface area contributed by atoms with Crippen LogP contribution in [0.3, 0.4) is 0 Å². The second-order valence-corrected chi connectivity index (χ2v) is 3.73. The summed E-state index contributed by atoms with van der Waals surface area (Å²) in [4.78, 5) is 0. The highest BCUT2D eigenvalue weighted by Gasteiger charge is 2.05. The van der Waals surface area contributed by atoms with Crippen molar-refractivity contribution >= 4 is 5.57 Å². The first-order valence-corrected chi connectivity index (χ1v) is 5.31. The highest BCUT2D eigenvalue weighted by molar-refractivity contribution is 5.77.